The maximum absolute atomic E-state index is 10.5. The summed E-state index contributed by atoms with van der Waals surface area (Å²) in [7, 11) is 0. The van der Waals surface area contributed by atoms with Crippen LogP contribution in [0.2, 0.25) is 0 Å². The summed E-state index contributed by atoms with van der Waals surface area (Å²) < 4.78 is 0. The van der Waals surface area contributed by atoms with Crippen LogP contribution < -0.4 is 10.6 Å². The van der Waals surface area contributed by atoms with Crippen LogP contribution >= 0.6 is 0 Å². The molecule has 1 heterocycles. The van der Waals surface area contributed by atoms with Crippen molar-refractivity contribution in [2.24, 2.45) is 0 Å². The number of aliphatic hydroxyl groups is 2. The number of amides is 2. The van der Waals surface area contributed by atoms with Crippen molar-refractivity contribution in [3.63, 3.8) is 0 Å². The molecular formula is C5H10N2O3. The number of hydrogen-bond donors (Lipinski definition) is 4. The van der Waals surface area contributed by atoms with E-state index in [1.54, 1.807) is 0 Å². The Morgan fingerprint density at radius 3 is 2.90 bits per heavy atom. The molecule has 0 radical (unpaired) electrons. The maximum Gasteiger partial charge on any atom is 0.315 e. The largest absolute Gasteiger partial charge is 0.394 e. The lowest BCUT2D eigenvalue weighted by atomic mass is 10.1. The molecule has 0 saturated carbocycles. The van der Waals surface area contributed by atoms with Crippen LogP contribution in [0, 0.1) is 0 Å². The van der Waals surface area contributed by atoms with E-state index < -0.39 is 12.1 Å². The van der Waals surface area contributed by atoms with Gasteiger partial charge in [0.05, 0.1) is 18.8 Å². The van der Waals surface area contributed by atoms with Crippen molar-refractivity contribution in [1.29, 1.82) is 0 Å². The Morgan fingerprint density at radius 2 is 2.40 bits per heavy atom. The van der Waals surface area contributed by atoms with E-state index in [-0.39, 0.29) is 19.2 Å². The molecule has 0 unspecified atom stereocenters. The number of rotatable bonds is 1. The quantitative estimate of drug-likeness (QED) is 0.346. The Balaban J connectivity index is 2.45. The first-order chi connectivity index (χ1) is 4.74. The monoisotopic (exact) mass is 146 g/mol. The van der Waals surface area contributed by atoms with Crippen LogP contribution in [0.4, 0.5) is 4.79 Å². The molecule has 1 fully saturated rings. The lowest BCUT2D eigenvalue weighted by molar-refractivity contribution is 0.0807. The number of urea groups is 1. The predicted molar refractivity (Wildman–Crippen MR) is 33.4 cm³/mol. The second kappa shape index (κ2) is 2.85. The van der Waals surface area contributed by atoms with Crippen molar-refractivity contribution in [3.05, 3.63) is 0 Å². The number of carbonyl (C=O) groups is 1. The molecule has 0 spiro atoms. The number of carbonyl (C=O) groups excluding carboxylic acids is 1. The average molecular weight is 146 g/mol. The van der Waals surface area contributed by atoms with Crippen molar-refractivity contribution < 1.29 is 15.0 Å². The zero-order valence-corrected chi connectivity index (χ0v) is 5.37. The molecular weight excluding hydrogens is 136 g/mol. The molecule has 5 heteroatoms. The van der Waals surface area contributed by atoms with E-state index in [0.29, 0.717) is 0 Å². The molecule has 1 aliphatic rings. The van der Waals surface area contributed by atoms with Gasteiger partial charge in [-0.15, -0.1) is 0 Å². The van der Waals surface area contributed by atoms with Crippen molar-refractivity contribution in [2.75, 3.05) is 13.2 Å². The van der Waals surface area contributed by atoms with Gasteiger partial charge in [-0.05, 0) is 0 Å². The van der Waals surface area contributed by atoms with Gasteiger partial charge < -0.3 is 20.8 Å². The average Bonchev–Trinajstić information content (AvgIpc) is 1.94. The van der Waals surface area contributed by atoms with Gasteiger partial charge >= 0.3 is 6.03 Å². The van der Waals surface area contributed by atoms with E-state index >= 15 is 0 Å². The van der Waals surface area contributed by atoms with E-state index in [1.165, 1.54) is 0 Å². The van der Waals surface area contributed by atoms with Crippen LogP contribution in [0.25, 0.3) is 0 Å². The highest BCUT2D eigenvalue weighted by atomic mass is 16.3. The maximum atomic E-state index is 10.5. The number of hydrogen-bond acceptors (Lipinski definition) is 3. The molecule has 0 bridgehead atoms. The molecule has 58 valence electrons. The van der Waals surface area contributed by atoms with Crippen LogP contribution in [0.15, 0.2) is 0 Å². The minimum absolute atomic E-state index is 0.205. The minimum atomic E-state index is -0.692. The molecule has 0 aliphatic carbocycles. The van der Waals surface area contributed by atoms with Crippen molar-refractivity contribution in [3.8, 4) is 0 Å². The summed E-state index contributed by atoms with van der Waals surface area (Å²) in [5, 5.41) is 22.4. The van der Waals surface area contributed by atoms with Gasteiger partial charge in [-0.1, -0.05) is 0 Å². The summed E-state index contributed by atoms with van der Waals surface area (Å²) >= 11 is 0. The van der Waals surface area contributed by atoms with Crippen molar-refractivity contribution >= 4 is 6.03 Å². The summed E-state index contributed by atoms with van der Waals surface area (Å²) in [6.07, 6.45) is -0.692. The fourth-order valence-electron chi connectivity index (χ4n) is 0.822. The lowest BCUT2D eigenvalue weighted by Crippen LogP contribution is -2.59. The Labute approximate surface area is 58.0 Å². The normalized spacial score (nSPS) is 32.8. The lowest BCUT2D eigenvalue weighted by Gasteiger charge is -2.27. The molecule has 5 nitrogen and oxygen atoms in total. The molecule has 10 heavy (non-hydrogen) atoms. The number of aliphatic hydroxyl groups excluding tert-OH is 2. The van der Waals surface area contributed by atoms with Crippen molar-refractivity contribution in [2.45, 2.75) is 12.1 Å². The van der Waals surface area contributed by atoms with Crippen LogP contribution in [-0.4, -0.2) is 41.5 Å². The summed E-state index contributed by atoms with van der Waals surface area (Å²) in [6.45, 7) is -0.0222. The van der Waals surface area contributed by atoms with Crippen LogP contribution in [0.5, 0.6) is 0 Å². The highest BCUT2D eigenvalue weighted by molar-refractivity contribution is 5.75. The summed E-state index contributed by atoms with van der Waals surface area (Å²) in [5.74, 6) is 0. The van der Waals surface area contributed by atoms with E-state index in [1.807, 2.05) is 0 Å². The number of β-amino-alcohol motifs (C(OH)–C–C–N with tert-alkyl or cyclic N) is 1. The third kappa shape index (κ3) is 1.37. The second-order valence-electron chi connectivity index (χ2n) is 2.21. The third-order valence-electron chi connectivity index (χ3n) is 1.45. The smallest absolute Gasteiger partial charge is 0.315 e. The molecule has 1 rings (SSSR count). The van der Waals surface area contributed by atoms with Crippen molar-refractivity contribution in [1.82, 2.24) is 10.6 Å². The summed E-state index contributed by atoms with van der Waals surface area (Å²) in [6, 6.07) is -0.863. The fraction of sp³-hybridized carbons (Fsp3) is 0.800. The minimum Gasteiger partial charge on any atom is -0.394 e. The highest BCUT2D eigenvalue weighted by Gasteiger charge is 2.25. The molecule has 2 amide bonds. The van der Waals surface area contributed by atoms with Gasteiger partial charge in [0.25, 0.3) is 0 Å². The van der Waals surface area contributed by atoms with Crippen LogP contribution in [0.1, 0.15) is 0 Å². The van der Waals surface area contributed by atoms with Gasteiger partial charge in [0.1, 0.15) is 0 Å². The molecule has 4 N–H and O–H groups in total. The molecule has 2 atom stereocenters. The van der Waals surface area contributed by atoms with E-state index in [9.17, 15) is 4.79 Å². The van der Waals surface area contributed by atoms with E-state index in [0.717, 1.165) is 0 Å². The molecule has 0 aromatic rings. The molecule has 1 saturated heterocycles. The predicted octanol–water partition coefficient (Wildman–Crippen LogP) is -1.98. The second-order valence-corrected chi connectivity index (χ2v) is 2.21. The summed E-state index contributed by atoms with van der Waals surface area (Å²) in [5.41, 5.74) is 0. The first kappa shape index (κ1) is 7.30. The van der Waals surface area contributed by atoms with Gasteiger partial charge in [0.2, 0.25) is 0 Å². The molecule has 1 aliphatic heterocycles. The van der Waals surface area contributed by atoms with Gasteiger partial charge in [-0.2, -0.15) is 0 Å². The number of nitrogens with one attached hydrogen (secondary N) is 2. The third-order valence-corrected chi connectivity index (χ3v) is 1.45. The Bertz CT molecular complexity index is 139. The zero-order chi connectivity index (χ0) is 7.56. The van der Waals surface area contributed by atoms with Crippen LogP contribution in [0.3, 0.4) is 0 Å². The van der Waals surface area contributed by atoms with Gasteiger partial charge in [-0.25, -0.2) is 4.79 Å². The Hall–Kier alpha value is -0.810. The highest BCUT2D eigenvalue weighted by Crippen LogP contribution is 1.95. The standard InChI is InChI=1S/C5H10N2O3/c8-2-3-4(9)1-6-5(10)7-3/h3-4,8-9H,1-2H2,(H2,6,7,10)/t3-,4-/m1/s1. The molecule has 0 aromatic heterocycles. The first-order valence-electron chi connectivity index (χ1n) is 3.07. The van der Waals surface area contributed by atoms with Gasteiger partial charge in [0, 0.05) is 6.54 Å². The van der Waals surface area contributed by atoms with E-state index in [2.05, 4.69) is 10.6 Å². The topological polar surface area (TPSA) is 81.6 Å². The van der Waals surface area contributed by atoms with Crippen LogP contribution in [-0.2, 0) is 0 Å². The summed E-state index contributed by atoms with van der Waals surface area (Å²) in [4.78, 5) is 10.5. The van der Waals surface area contributed by atoms with E-state index in [4.69, 9.17) is 10.2 Å². The molecule has 0 aromatic carbocycles. The fourth-order valence-corrected chi connectivity index (χ4v) is 0.822. The Kier molecular flexibility index (Phi) is 2.08. The first-order valence-corrected chi connectivity index (χ1v) is 3.07. The van der Waals surface area contributed by atoms with Gasteiger partial charge in [0.15, 0.2) is 0 Å². The SMILES string of the molecule is O=C1NC[C@@H](O)[C@@H](CO)N1. The Morgan fingerprint density at radius 1 is 1.70 bits per heavy atom. The zero-order valence-electron chi connectivity index (χ0n) is 5.37. The van der Waals surface area contributed by atoms with Gasteiger partial charge in [-0.3, -0.25) is 0 Å².